The normalized spacial score (nSPS) is 12.8. The minimum absolute atomic E-state index is 0.121. The van der Waals surface area contributed by atoms with Crippen molar-refractivity contribution < 1.29 is 14.6 Å². The Morgan fingerprint density at radius 2 is 1.43 bits per heavy atom. The Hall–Kier alpha value is -0.900. The zero-order valence-corrected chi connectivity index (χ0v) is 14.7. The summed E-state index contributed by atoms with van der Waals surface area (Å²) in [6.45, 7) is 12.3. The van der Waals surface area contributed by atoms with Gasteiger partial charge in [-0.15, -0.1) is 0 Å². The molecule has 0 spiro atoms. The van der Waals surface area contributed by atoms with Crippen LogP contribution in [-0.2, 0) is 15.1 Å². The fraction of sp³-hybridized carbons (Fsp3) is 0.667. The van der Waals surface area contributed by atoms with Crippen molar-refractivity contribution in [1.82, 2.24) is 0 Å². The summed E-state index contributed by atoms with van der Waals surface area (Å²) in [5, 5.41) is 11.3. The first-order valence-corrected chi connectivity index (χ1v) is 7.60. The molecule has 0 amide bonds. The van der Waals surface area contributed by atoms with Gasteiger partial charge in [0.25, 0.3) is 0 Å². The van der Waals surface area contributed by atoms with E-state index in [2.05, 4.69) is 27.7 Å². The van der Waals surface area contributed by atoms with E-state index in [9.17, 15) is 5.11 Å². The molecule has 0 bridgehead atoms. The maximum absolute atomic E-state index is 11.3. The van der Waals surface area contributed by atoms with Gasteiger partial charge in [-0.05, 0) is 42.4 Å². The molecule has 1 aromatic carbocycles. The van der Waals surface area contributed by atoms with Crippen LogP contribution in [0.5, 0.6) is 0 Å². The van der Waals surface area contributed by atoms with E-state index >= 15 is 0 Å². The van der Waals surface area contributed by atoms with Crippen LogP contribution in [0, 0.1) is 25.7 Å². The van der Waals surface area contributed by atoms with Gasteiger partial charge in [0.1, 0.15) is 0 Å². The van der Waals surface area contributed by atoms with Crippen LogP contribution in [0.25, 0.3) is 0 Å². The molecule has 0 saturated heterocycles. The molecule has 1 rings (SSSR count). The number of aliphatic hydroxyl groups is 1. The predicted molar refractivity (Wildman–Crippen MR) is 86.2 cm³/mol. The maximum atomic E-state index is 11.3. The summed E-state index contributed by atoms with van der Waals surface area (Å²) in [7, 11) is 3.27. The van der Waals surface area contributed by atoms with Gasteiger partial charge >= 0.3 is 0 Å². The highest BCUT2D eigenvalue weighted by Crippen LogP contribution is 2.41. The number of benzene rings is 1. The molecule has 0 atom stereocenters. The van der Waals surface area contributed by atoms with Crippen LogP contribution in [-0.4, -0.2) is 19.3 Å². The third kappa shape index (κ3) is 3.15. The second kappa shape index (κ2) is 6.91. The molecule has 0 saturated carbocycles. The van der Waals surface area contributed by atoms with E-state index in [-0.39, 0.29) is 11.8 Å². The SMILES string of the molecule is COC(OC)c1c(C)ccc(C(O)(C(C)C)C(C)C)c1C. The van der Waals surface area contributed by atoms with Gasteiger partial charge in [0.2, 0.25) is 0 Å². The van der Waals surface area contributed by atoms with Crippen LogP contribution >= 0.6 is 0 Å². The Morgan fingerprint density at radius 1 is 0.952 bits per heavy atom. The van der Waals surface area contributed by atoms with Gasteiger partial charge in [-0.25, -0.2) is 0 Å². The zero-order chi connectivity index (χ0) is 16.4. The van der Waals surface area contributed by atoms with Gasteiger partial charge in [-0.3, -0.25) is 0 Å². The lowest BCUT2D eigenvalue weighted by Gasteiger charge is -2.39. The lowest BCUT2D eigenvalue weighted by Crippen LogP contribution is -2.38. The summed E-state index contributed by atoms with van der Waals surface area (Å²) in [5.74, 6) is 0.241. The number of aryl methyl sites for hydroxylation is 1. The summed E-state index contributed by atoms with van der Waals surface area (Å²) in [5.41, 5.74) is 3.27. The molecular weight excluding hydrogens is 264 g/mol. The molecule has 0 fully saturated rings. The summed E-state index contributed by atoms with van der Waals surface area (Å²) >= 11 is 0. The van der Waals surface area contributed by atoms with E-state index in [4.69, 9.17) is 9.47 Å². The van der Waals surface area contributed by atoms with Crippen LogP contribution in [0.4, 0.5) is 0 Å². The number of methoxy groups -OCH3 is 2. The highest BCUT2D eigenvalue weighted by atomic mass is 16.7. The highest BCUT2D eigenvalue weighted by Gasteiger charge is 2.38. The third-order valence-electron chi connectivity index (χ3n) is 4.59. The van der Waals surface area contributed by atoms with Crippen LogP contribution < -0.4 is 0 Å². The summed E-state index contributed by atoms with van der Waals surface area (Å²) < 4.78 is 10.9. The first kappa shape index (κ1) is 18.1. The molecule has 0 unspecified atom stereocenters. The number of hydrogen-bond donors (Lipinski definition) is 1. The molecule has 1 N–H and O–H groups in total. The van der Waals surface area contributed by atoms with E-state index in [1.54, 1.807) is 14.2 Å². The van der Waals surface area contributed by atoms with Crippen LogP contribution in [0.2, 0.25) is 0 Å². The van der Waals surface area contributed by atoms with E-state index in [0.29, 0.717) is 0 Å². The van der Waals surface area contributed by atoms with E-state index < -0.39 is 11.9 Å². The van der Waals surface area contributed by atoms with E-state index in [0.717, 1.165) is 22.3 Å². The fourth-order valence-corrected chi connectivity index (χ4v) is 3.28. The maximum Gasteiger partial charge on any atom is 0.183 e. The van der Waals surface area contributed by atoms with Gasteiger partial charge in [0.15, 0.2) is 6.29 Å². The predicted octanol–water partition coefficient (Wildman–Crippen LogP) is 4.09. The Morgan fingerprint density at radius 3 is 1.81 bits per heavy atom. The lowest BCUT2D eigenvalue weighted by molar-refractivity contribution is -0.107. The van der Waals surface area contributed by atoms with Crippen LogP contribution in [0.1, 0.15) is 56.2 Å². The highest BCUT2D eigenvalue weighted by molar-refractivity contribution is 5.44. The Kier molecular flexibility index (Phi) is 5.97. The summed E-state index contributed by atoms with van der Waals surface area (Å²) in [6.07, 6.45) is -0.409. The second-order valence-electron chi connectivity index (χ2n) is 6.41. The lowest BCUT2D eigenvalue weighted by atomic mass is 9.72. The van der Waals surface area contributed by atoms with Crippen molar-refractivity contribution >= 4 is 0 Å². The van der Waals surface area contributed by atoms with Crippen molar-refractivity contribution in [2.24, 2.45) is 11.8 Å². The van der Waals surface area contributed by atoms with Gasteiger partial charge in [0, 0.05) is 19.8 Å². The Labute approximate surface area is 129 Å². The van der Waals surface area contributed by atoms with Crippen LogP contribution in [0.3, 0.4) is 0 Å². The standard InChI is InChI=1S/C18H30O3/c1-11(2)18(19,12(3)4)15-10-9-13(5)16(14(15)6)17(20-7)21-8/h9-12,17,19H,1-8H3. The molecule has 120 valence electrons. The van der Waals surface area contributed by atoms with Crippen LogP contribution in [0.15, 0.2) is 12.1 Å². The van der Waals surface area contributed by atoms with Gasteiger partial charge < -0.3 is 14.6 Å². The van der Waals surface area contributed by atoms with Crippen molar-refractivity contribution in [2.75, 3.05) is 14.2 Å². The molecule has 0 aliphatic carbocycles. The molecule has 0 radical (unpaired) electrons. The minimum Gasteiger partial charge on any atom is -0.385 e. The molecule has 0 aliphatic heterocycles. The monoisotopic (exact) mass is 294 g/mol. The quantitative estimate of drug-likeness (QED) is 0.803. The average molecular weight is 294 g/mol. The Balaban J connectivity index is 3.56. The van der Waals surface area contributed by atoms with Crippen molar-refractivity contribution in [3.8, 4) is 0 Å². The van der Waals surface area contributed by atoms with Crippen molar-refractivity contribution in [2.45, 2.75) is 53.4 Å². The topological polar surface area (TPSA) is 38.7 Å². The summed E-state index contributed by atoms with van der Waals surface area (Å²) in [6, 6.07) is 4.08. The largest absolute Gasteiger partial charge is 0.385 e. The van der Waals surface area contributed by atoms with Gasteiger partial charge in [-0.1, -0.05) is 39.8 Å². The van der Waals surface area contributed by atoms with E-state index in [1.807, 2.05) is 26.0 Å². The zero-order valence-electron chi connectivity index (χ0n) is 14.7. The molecule has 21 heavy (non-hydrogen) atoms. The van der Waals surface area contributed by atoms with Gasteiger partial charge in [0.05, 0.1) is 5.60 Å². The molecule has 3 nitrogen and oxygen atoms in total. The van der Waals surface area contributed by atoms with Crippen molar-refractivity contribution in [1.29, 1.82) is 0 Å². The first-order chi connectivity index (χ1) is 9.71. The smallest absolute Gasteiger partial charge is 0.183 e. The summed E-state index contributed by atoms with van der Waals surface area (Å²) in [4.78, 5) is 0. The van der Waals surface area contributed by atoms with E-state index in [1.165, 1.54) is 0 Å². The van der Waals surface area contributed by atoms with Crippen molar-refractivity contribution in [3.63, 3.8) is 0 Å². The molecule has 1 aromatic rings. The Bertz CT molecular complexity index is 466. The minimum atomic E-state index is -0.863. The molecule has 3 heteroatoms. The molecule has 0 aliphatic rings. The molecule has 0 aromatic heterocycles. The average Bonchev–Trinajstić information content (AvgIpc) is 2.42. The fourth-order valence-electron chi connectivity index (χ4n) is 3.28. The van der Waals surface area contributed by atoms with Gasteiger partial charge in [-0.2, -0.15) is 0 Å². The first-order valence-electron chi connectivity index (χ1n) is 7.60. The third-order valence-corrected chi connectivity index (χ3v) is 4.59. The molecular formula is C18H30O3. The number of rotatable bonds is 6. The molecule has 0 heterocycles. The number of hydrogen-bond acceptors (Lipinski definition) is 3. The number of ether oxygens (including phenoxy) is 2. The second-order valence-corrected chi connectivity index (χ2v) is 6.41. The van der Waals surface area contributed by atoms with Crippen molar-refractivity contribution in [3.05, 3.63) is 34.4 Å².